The minimum Gasteiger partial charge on any atom is -0.494 e. The first kappa shape index (κ1) is 17.5. The van der Waals surface area contributed by atoms with E-state index in [0.717, 1.165) is 31.5 Å². The second-order valence-electron chi connectivity index (χ2n) is 6.29. The Labute approximate surface area is 137 Å². The molecule has 0 aromatic heterocycles. The molecular formula is C17H26FN3O2. The Kier molecular flexibility index (Phi) is 6.21. The lowest BCUT2D eigenvalue weighted by atomic mass is 10.0. The standard InChI is InChI=1S/C17H26FN3O2/c1-12(2)19-17(22)20-14-6-8-21(9-7-14)11-13-4-5-16(23-3)15(18)10-13/h4-5,10,12,14H,6-9,11H2,1-3H3,(H2,19,20,22). The maximum Gasteiger partial charge on any atom is 0.315 e. The second-order valence-corrected chi connectivity index (χ2v) is 6.29. The summed E-state index contributed by atoms with van der Waals surface area (Å²) in [7, 11) is 1.46. The highest BCUT2D eigenvalue weighted by Crippen LogP contribution is 2.20. The van der Waals surface area contributed by atoms with Crippen LogP contribution in [-0.2, 0) is 6.54 Å². The summed E-state index contributed by atoms with van der Waals surface area (Å²) in [5.41, 5.74) is 0.937. The van der Waals surface area contributed by atoms with Crippen molar-refractivity contribution in [2.24, 2.45) is 0 Å². The number of piperidine rings is 1. The molecule has 2 rings (SSSR count). The number of amides is 2. The van der Waals surface area contributed by atoms with E-state index in [1.165, 1.54) is 13.2 Å². The van der Waals surface area contributed by atoms with Gasteiger partial charge in [-0.15, -0.1) is 0 Å². The topological polar surface area (TPSA) is 53.6 Å². The van der Waals surface area contributed by atoms with E-state index in [1.54, 1.807) is 6.07 Å². The van der Waals surface area contributed by atoms with Gasteiger partial charge in [0.05, 0.1) is 7.11 Å². The minimum atomic E-state index is -0.327. The first-order chi connectivity index (χ1) is 11.0. The first-order valence-corrected chi connectivity index (χ1v) is 8.09. The Morgan fingerprint density at radius 3 is 2.65 bits per heavy atom. The number of nitrogens with zero attached hydrogens (tertiary/aromatic N) is 1. The fourth-order valence-electron chi connectivity index (χ4n) is 2.79. The number of hydrogen-bond acceptors (Lipinski definition) is 3. The predicted octanol–water partition coefficient (Wildman–Crippen LogP) is 2.51. The number of rotatable bonds is 5. The van der Waals surface area contributed by atoms with Crippen molar-refractivity contribution in [3.05, 3.63) is 29.6 Å². The molecule has 128 valence electrons. The summed E-state index contributed by atoms with van der Waals surface area (Å²) in [5.74, 6) is -0.0558. The SMILES string of the molecule is COc1ccc(CN2CCC(NC(=O)NC(C)C)CC2)cc1F. The predicted molar refractivity (Wildman–Crippen MR) is 88.1 cm³/mol. The molecule has 0 saturated carbocycles. The summed E-state index contributed by atoms with van der Waals surface area (Å²) >= 11 is 0. The Hall–Kier alpha value is -1.82. The van der Waals surface area contributed by atoms with E-state index in [0.29, 0.717) is 6.54 Å². The number of carbonyl (C=O) groups excluding carboxylic acids is 1. The van der Waals surface area contributed by atoms with Gasteiger partial charge in [0.25, 0.3) is 0 Å². The lowest BCUT2D eigenvalue weighted by molar-refractivity contribution is 0.186. The number of hydrogen-bond donors (Lipinski definition) is 2. The van der Waals surface area contributed by atoms with Crippen molar-refractivity contribution in [1.82, 2.24) is 15.5 Å². The number of urea groups is 1. The van der Waals surface area contributed by atoms with Crippen LogP contribution < -0.4 is 15.4 Å². The van der Waals surface area contributed by atoms with Gasteiger partial charge in [0.15, 0.2) is 11.6 Å². The van der Waals surface area contributed by atoms with Crippen LogP contribution in [0.4, 0.5) is 9.18 Å². The van der Waals surface area contributed by atoms with E-state index in [2.05, 4.69) is 15.5 Å². The smallest absolute Gasteiger partial charge is 0.315 e. The molecule has 23 heavy (non-hydrogen) atoms. The van der Waals surface area contributed by atoms with Crippen molar-refractivity contribution in [2.45, 2.75) is 45.3 Å². The number of nitrogens with one attached hydrogen (secondary N) is 2. The van der Waals surface area contributed by atoms with E-state index in [-0.39, 0.29) is 29.7 Å². The zero-order chi connectivity index (χ0) is 16.8. The van der Waals surface area contributed by atoms with Crippen LogP contribution in [0.3, 0.4) is 0 Å². The summed E-state index contributed by atoms with van der Waals surface area (Å²) in [6.45, 7) is 6.37. The number of likely N-dealkylation sites (tertiary alicyclic amines) is 1. The van der Waals surface area contributed by atoms with Crippen molar-refractivity contribution in [3.63, 3.8) is 0 Å². The molecule has 0 radical (unpaired) electrons. The second kappa shape index (κ2) is 8.15. The zero-order valence-corrected chi connectivity index (χ0v) is 14.1. The van der Waals surface area contributed by atoms with Gasteiger partial charge in [-0.05, 0) is 44.4 Å². The van der Waals surface area contributed by atoms with Crippen LogP contribution in [0, 0.1) is 5.82 Å². The molecule has 6 heteroatoms. The van der Waals surface area contributed by atoms with E-state index in [4.69, 9.17) is 4.74 Å². The van der Waals surface area contributed by atoms with E-state index >= 15 is 0 Å². The number of halogens is 1. The molecule has 1 fully saturated rings. The molecule has 0 spiro atoms. The Bertz CT molecular complexity index is 529. The molecule has 5 nitrogen and oxygen atoms in total. The van der Waals surface area contributed by atoms with Crippen LogP contribution in [0.2, 0.25) is 0 Å². The molecule has 1 aromatic carbocycles. The average molecular weight is 323 g/mol. The van der Waals surface area contributed by atoms with Crippen LogP contribution in [0.5, 0.6) is 5.75 Å². The van der Waals surface area contributed by atoms with Crippen molar-refractivity contribution in [1.29, 1.82) is 0 Å². The van der Waals surface area contributed by atoms with E-state index in [9.17, 15) is 9.18 Å². The maximum atomic E-state index is 13.7. The zero-order valence-electron chi connectivity index (χ0n) is 14.1. The number of benzene rings is 1. The third-order valence-electron chi connectivity index (χ3n) is 3.96. The summed E-state index contributed by atoms with van der Waals surface area (Å²) in [5, 5.41) is 5.85. The number of carbonyl (C=O) groups is 1. The van der Waals surface area contributed by atoms with Gasteiger partial charge in [0.2, 0.25) is 0 Å². The van der Waals surface area contributed by atoms with Crippen LogP contribution in [-0.4, -0.2) is 43.2 Å². The monoisotopic (exact) mass is 323 g/mol. The van der Waals surface area contributed by atoms with E-state index in [1.807, 2.05) is 19.9 Å². The van der Waals surface area contributed by atoms with Crippen LogP contribution in [0.25, 0.3) is 0 Å². The van der Waals surface area contributed by atoms with Gasteiger partial charge in [0, 0.05) is 31.7 Å². The number of ether oxygens (including phenoxy) is 1. The fraction of sp³-hybridized carbons (Fsp3) is 0.588. The third-order valence-corrected chi connectivity index (χ3v) is 3.96. The Morgan fingerprint density at radius 1 is 1.39 bits per heavy atom. The molecule has 0 unspecified atom stereocenters. The average Bonchev–Trinajstić information content (AvgIpc) is 2.48. The highest BCUT2D eigenvalue weighted by atomic mass is 19.1. The molecule has 2 amide bonds. The largest absolute Gasteiger partial charge is 0.494 e. The summed E-state index contributed by atoms with van der Waals surface area (Å²) in [6, 6.07) is 5.32. The summed E-state index contributed by atoms with van der Waals surface area (Å²) in [6.07, 6.45) is 1.81. The summed E-state index contributed by atoms with van der Waals surface area (Å²) in [4.78, 5) is 14.0. The van der Waals surface area contributed by atoms with Gasteiger partial charge in [-0.25, -0.2) is 9.18 Å². The summed E-state index contributed by atoms with van der Waals surface area (Å²) < 4.78 is 18.6. The molecule has 1 saturated heterocycles. The van der Waals surface area contributed by atoms with Gasteiger partial charge in [-0.2, -0.15) is 0 Å². The highest BCUT2D eigenvalue weighted by molar-refractivity contribution is 5.74. The van der Waals surface area contributed by atoms with E-state index < -0.39 is 0 Å². The molecule has 0 bridgehead atoms. The van der Waals surface area contributed by atoms with Gasteiger partial charge in [-0.3, -0.25) is 4.90 Å². The van der Waals surface area contributed by atoms with Crippen molar-refractivity contribution < 1.29 is 13.9 Å². The molecule has 2 N–H and O–H groups in total. The lowest BCUT2D eigenvalue weighted by Gasteiger charge is -2.32. The van der Waals surface area contributed by atoms with Gasteiger partial charge < -0.3 is 15.4 Å². The Balaban J connectivity index is 1.78. The van der Waals surface area contributed by atoms with Crippen LogP contribution in [0.15, 0.2) is 18.2 Å². The molecule has 1 aliphatic heterocycles. The molecule has 1 aliphatic rings. The molecule has 1 aromatic rings. The molecule has 0 aliphatic carbocycles. The molecule has 0 atom stereocenters. The fourth-order valence-corrected chi connectivity index (χ4v) is 2.79. The lowest BCUT2D eigenvalue weighted by Crippen LogP contribution is -2.49. The molecular weight excluding hydrogens is 297 g/mol. The van der Waals surface area contributed by atoms with Gasteiger partial charge in [0.1, 0.15) is 0 Å². The van der Waals surface area contributed by atoms with Gasteiger partial charge in [-0.1, -0.05) is 6.07 Å². The third kappa shape index (κ3) is 5.39. The Morgan fingerprint density at radius 2 is 2.09 bits per heavy atom. The number of methoxy groups -OCH3 is 1. The normalized spacial score (nSPS) is 16.4. The van der Waals surface area contributed by atoms with Crippen molar-refractivity contribution >= 4 is 6.03 Å². The quantitative estimate of drug-likeness (QED) is 0.875. The first-order valence-electron chi connectivity index (χ1n) is 8.09. The van der Waals surface area contributed by atoms with Crippen molar-refractivity contribution in [2.75, 3.05) is 20.2 Å². The van der Waals surface area contributed by atoms with Crippen molar-refractivity contribution in [3.8, 4) is 5.75 Å². The van der Waals surface area contributed by atoms with Crippen LogP contribution in [0.1, 0.15) is 32.3 Å². The van der Waals surface area contributed by atoms with Crippen LogP contribution >= 0.6 is 0 Å². The minimum absolute atomic E-state index is 0.101. The highest BCUT2D eigenvalue weighted by Gasteiger charge is 2.21. The maximum absolute atomic E-state index is 13.7. The molecule has 1 heterocycles. The van der Waals surface area contributed by atoms with Gasteiger partial charge >= 0.3 is 6.03 Å².